The zero-order valence-electron chi connectivity index (χ0n) is 14.2. The molecule has 0 amide bonds. The van der Waals surface area contributed by atoms with Crippen LogP contribution in [0.25, 0.3) is 0 Å². The van der Waals surface area contributed by atoms with Crippen LogP contribution in [0.5, 0.6) is 0 Å². The summed E-state index contributed by atoms with van der Waals surface area (Å²) >= 11 is 3.38. The normalized spacial score (nSPS) is 16.9. The van der Waals surface area contributed by atoms with Crippen molar-refractivity contribution in [1.29, 1.82) is 0 Å². The lowest BCUT2D eigenvalue weighted by Gasteiger charge is -2.40. The van der Waals surface area contributed by atoms with Crippen LogP contribution in [-0.2, 0) is 0 Å². The molecule has 0 bridgehead atoms. The van der Waals surface area contributed by atoms with E-state index < -0.39 is 71.3 Å². The summed E-state index contributed by atoms with van der Waals surface area (Å²) < 4.78 is 255. The molecule has 198 valence electrons. The molecule has 0 heterocycles. The summed E-state index contributed by atoms with van der Waals surface area (Å²) in [5.74, 6) is -58.1. The Balaban J connectivity index is 6.37. The first-order valence-electron chi connectivity index (χ1n) is 7.02. The highest BCUT2D eigenvalue weighted by atomic mass is 35.5. The third-order valence-corrected chi connectivity index (χ3v) is 3.82. The molecule has 0 aliphatic carbocycles. The van der Waals surface area contributed by atoms with Gasteiger partial charge in [-0.05, 0) is 17.7 Å². The summed E-state index contributed by atoms with van der Waals surface area (Å²) in [6, 6.07) is 0. The van der Waals surface area contributed by atoms with Crippen molar-refractivity contribution in [3.63, 3.8) is 0 Å². The first-order valence-corrected chi connectivity index (χ1v) is 7.40. The minimum Gasteiger partial charge on any atom is -0.205 e. The Morgan fingerprint density at radius 3 is 1.15 bits per heavy atom. The first kappa shape index (κ1) is 31.6. The minimum atomic E-state index is -8.24. The lowest BCUT2D eigenvalue weighted by atomic mass is 9.92. The third kappa shape index (κ3) is 4.63. The lowest BCUT2D eigenvalue weighted by molar-refractivity contribution is -0.416. The van der Waals surface area contributed by atoms with E-state index in [1.165, 1.54) is 0 Å². The van der Waals surface area contributed by atoms with Crippen molar-refractivity contribution in [2.75, 3.05) is 0 Å². The summed E-state index contributed by atoms with van der Waals surface area (Å²) in [6.45, 7) is 0. The van der Waals surface area contributed by atoms with E-state index in [-0.39, 0.29) is 0 Å². The topological polar surface area (TPSA) is 0 Å². The molecule has 0 rings (SSSR count). The Bertz CT molecular complexity index is 737. The van der Waals surface area contributed by atoms with Gasteiger partial charge in [0.25, 0.3) is 0 Å². The molecule has 0 unspecified atom stereocenters. The van der Waals surface area contributed by atoms with Crippen molar-refractivity contribution < 1.29 is 87.8 Å². The van der Waals surface area contributed by atoms with E-state index in [2.05, 4.69) is 11.6 Å². The Hall–Kier alpha value is -1.37. The van der Waals surface area contributed by atoms with E-state index in [0.717, 1.165) is 0 Å². The minimum absolute atomic E-state index is 1.99. The smallest absolute Gasteiger partial charge is 0.205 e. The maximum absolute atomic E-state index is 13.3. The second-order valence-corrected chi connectivity index (χ2v) is 6.38. The SMILES string of the molecule is F/C(=C\CC(F)(F)C(F)(F)C(F)(F)C(F)(F)C(F)(F)C(F)(F)Cl)C(F)(F)C(F)(F)C(F)(F)F. The third-order valence-electron chi connectivity index (χ3n) is 3.59. The van der Waals surface area contributed by atoms with E-state index in [1.807, 2.05) is 0 Å². The van der Waals surface area contributed by atoms with E-state index in [0.29, 0.717) is 0 Å². The van der Waals surface area contributed by atoms with Crippen molar-refractivity contribution in [2.24, 2.45) is 0 Å². The van der Waals surface area contributed by atoms with Gasteiger partial charge in [0.15, 0.2) is 5.83 Å². The fraction of sp³-hybridized carbons (Fsp3) is 0.833. The van der Waals surface area contributed by atoms with Crippen LogP contribution in [0.3, 0.4) is 0 Å². The van der Waals surface area contributed by atoms with Gasteiger partial charge >= 0.3 is 53.0 Å². The highest BCUT2D eigenvalue weighted by molar-refractivity contribution is 6.22. The second-order valence-electron chi connectivity index (χ2n) is 5.90. The Kier molecular flexibility index (Phi) is 7.76. The zero-order valence-corrected chi connectivity index (χ0v) is 15.0. The molecule has 0 aliphatic rings. The highest BCUT2D eigenvalue weighted by Crippen LogP contribution is 2.61. The number of hydrogen-bond donors (Lipinski definition) is 0. The van der Waals surface area contributed by atoms with Gasteiger partial charge in [-0.15, -0.1) is 0 Å². The second kappa shape index (κ2) is 8.10. The van der Waals surface area contributed by atoms with E-state index in [9.17, 15) is 87.8 Å². The first-order chi connectivity index (χ1) is 13.9. The van der Waals surface area contributed by atoms with Crippen LogP contribution in [-0.4, -0.2) is 53.0 Å². The largest absolute Gasteiger partial charge is 0.460 e. The summed E-state index contributed by atoms with van der Waals surface area (Å²) in [4.78, 5) is 0. The van der Waals surface area contributed by atoms with Crippen LogP contribution < -0.4 is 0 Å². The van der Waals surface area contributed by atoms with Gasteiger partial charge in [0.05, 0.1) is 0 Å². The van der Waals surface area contributed by atoms with Gasteiger partial charge in [-0.3, -0.25) is 0 Å². The molecule has 0 nitrogen and oxygen atoms in total. The molecule has 33 heavy (non-hydrogen) atoms. The molecular weight excluding hydrogens is 560 g/mol. The van der Waals surface area contributed by atoms with Gasteiger partial charge in [0.1, 0.15) is 0 Å². The summed E-state index contributed by atoms with van der Waals surface area (Å²) in [5, 5.41) is -6.79. The molecule has 0 N–H and O–H groups in total. The number of alkyl halides is 20. The van der Waals surface area contributed by atoms with Crippen molar-refractivity contribution in [3.8, 4) is 0 Å². The van der Waals surface area contributed by atoms with E-state index in [1.54, 1.807) is 0 Å². The van der Waals surface area contributed by atoms with Crippen molar-refractivity contribution in [3.05, 3.63) is 11.9 Å². The van der Waals surface area contributed by atoms with Crippen molar-refractivity contribution in [1.82, 2.24) is 0 Å². The Morgan fingerprint density at radius 2 is 0.848 bits per heavy atom. The summed E-state index contributed by atoms with van der Waals surface area (Å²) in [6.07, 6.45) is -13.1. The lowest BCUT2D eigenvalue weighted by Crippen LogP contribution is -2.69. The van der Waals surface area contributed by atoms with Crippen LogP contribution >= 0.6 is 11.6 Å². The maximum Gasteiger partial charge on any atom is 0.460 e. The molecule has 0 aromatic heterocycles. The molecule has 0 aromatic rings. The molecule has 0 aliphatic heterocycles. The molecule has 0 radical (unpaired) electrons. The zero-order chi connectivity index (χ0) is 27.5. The van der Waals surface area contributed by atoms with Crippen LogP contribution in [0.15, 0.2) is 11.9 Å². The Morgan fingerprint density at radius 1 is 0.515 bits per heavy atom. The van der Waals surface area contributed by atoms with E-state index >= 15 is 0 Å². The molecule has 0 saturated heterocycles. The summed E-state index contributed by atoms with van der Waals surface area (Å²) in [5.41, 5.74) is 0. The maximum atomic E-state index is 13.3. The van der Waals surface area contributed by atoms with Gasteiger partial charge < -0.3 is 0 Å². The van der Waals surface area contributed by atoms with Gasteiger partial charge in [-0.1, -0.05) is 0 Å². The molecule has 21 heteroatoms. The number of hydrogen-bond acceptors (Lipinski definition) is 0. The monoisotopic (exact) mass is 562 g/mol. The molecular formula is C12H3ClF20. The van der Waals surface area contributed by atoms with Crippen molar-refractivity contribution >= 4 is 11.6 Å². The Labute approximate surface area is 172 Å². The molecule has 0 atom stereocenters. The van der Waals surface area contributed by atoms with Gasteiger partial charge in [-0.25, -0.2) is 4.39 Å². The predicted octanol–water partition coefficient (Wildman–Crippen LogP) is 8.07. The molecule has 0 saturated carbocycles. The molecule has 0 spiro atoms. The number of allylic oxidation sites excluding steroid dienone is 2. The fourth-order valence-corrected chi connectivity index (χ4v) is 1.72. The van der Waals surface area contributed by atoms with Crippen LogP contribution in [0.2, 0.25) is 0 Å². The average molecular weight is 563 g/mol. The number of rotatable bonds is 9. The molecule has 0 fully saturated rings. The standard InChI is InChI=1S/C12H3ClF20/c13-11(29,30)10(27,28)9(25,26)8(23,24)6(19,20)4(15,16)2-1-3(14)5(17,18)7(21,22)12(31,32)33/h1H,2H2/b3-1-. The number of halogens is 21. The summed E-state index contributed by atoms with van der Waals surface area (Å²) in [7, 11) is 0. The van der Waals surface area contributed by atoms with Gasteiger partial charge in [-0.2, -0.15) is 83.4 Å². The van der Waals surface area contributed by atoms with Gasteiger partial charge in [0, 0.05) is 6.42 Å². The predicted molar refractivity (Wildman–Crippen MR) is 65.3 cm³/mol. The van der Waals surface area contributed by atoms with Crippen LogP contribution in [0.1, 0.15) is 6.42 Å². The average Bonchev–Trinajstić information content (AvgIpc) is 2.56. The van der Waals surface area contributed by atoms with E-state index in [4.69, 9.17) is 0 Å². The highest BCUT2D eigenvalue weighted by Gasteiger charge is 2.89. The molecule has 0 aromatic carbocycles. The fourth-order valence-electron chi connectivity index (χ4n) is 1.60. The van der Waals surface area contributed by atoms with Crippen LogP contribution in [0.4, 0.5) is 87.8 Å². The van der Waals surface area contributed by atoms with Crippen LogP contribution in [0, 0.1) is 0 Å². The van der Waals surface area contributed by atoms with Crippen molar-refractivity contribution in [2.45, 2.75) is 59.4 Å². The van der Waals surface area contributed by atoms with Gasteiger partial charge in [0.2, 0.25) is 0 Å². The quantitative estimate of drug-likeness (QED) is 0.197.